The molecule has 0 aliphatic carbocycles. The molecule has 3 nitrogen and oxygen atoms in total. The van der Waals surface area contributed by atoms with Crippen molar-refractivity contribution in [1.29, 1.82) is 0 Å². The van der Waals surface area contributed by atoms with Crippen LogP contribution in [0.2, 0.25) is 0 Å². The molecule has 0 aliphatic heterocycles. The molecule has 0 fully saturated rings. The number of phenolic OH excluding ortho intramolecular Hbond substituents is 1. The summed E-state index contributed by atoms with van der Waals surface area (Å²) in [7, 11) is 0. The van der Waals surface area contributed by atoms with E-state index in [1.807, 2.05) is 0 Å². The highest BCUT2D eigenvalue weighted by atomic mass is 79.9. The fourth-order valence-electron chi connectivity index (χ4n) is 1.56. The number of amides is 1. The lowest BCUT2D eigenvalue weighted by Gasteiger charge is -2.13. The molecule has 1 aromatic rings. The third kappa shape index (κ3) is 4.77. The Balaban J connectivity index is 2.48. The van der Waals surface area contributed by atoms with E-state index in [1.165, 1.54) is 6.07 Å². The normalized spacial score (nSPS) is 12.5. The molecule has 17 heavy (non-hydrogen) atoms. The minimum absolute atomic E-state index is 0.0139. The Kier molecular flexibility index (Phi) is 5.48. The third-order valence-electron chi connectivity index (χ3n) is 2.36. The Hall–Kier alpha value is -1.03. The first kappa shape index (κ1) is 14.0. The highest BCUT2D eigenvalue weighted by molar-refractivity contribution is 9.09. The monoisotopic (exact) mass is 299 g/mol. The van der Waals surface area contributed by atoms with Gasteiger partial charge in [-0.05, 0) is 24.5 Å². The molecule has 1 unspecified atom stereocenters. The Morgan fingerprint density at radius 2 is 2.06 bits per heavy atom. The number of carbonyl (C=O) groups excluding carboxylic acids is 1. The fraction of sp³-hybridized carbons (Fsp3) is 0.462. The largest absolute Gasteiger partial charge is 0.507 e. The quantitative estimate of drug-likeness (QED) is 0.821. The summed E-state index contributed by atoms with van der Waals surface area (Å²) in [4.78, 5) is 12.0. The Bertz CT molecular complexity index is 379. The van der Waals surface area contributed by atoms with Crippen molar-refractivity contribution in [3.05, 3.63) is 29.8 Å². The third-order valence-corrected chi connectivity index (χ3v) is 3.06. The average Bonchev–Trinajstić information content (AvgIpc) is 2.25. The Morgan fingerprint density at radius 3 is 2.65 bits per heavy atom. The van der Waals surface area contributed by atoms with E-state index in [9.17, 15) is 9.90 Å². The fourth-order valence-corrected chi connectivity index (χ4v) is 2.47. The molecule has 0 heterocycles. The predicted molar refractivity (Wildman–Crippen MR) is 72.6 cm³/mol. The summed E-state index contributed by atoms with van der Waals surface area (Å²) in [6, 6.07) is 6.54. The van der Waals surface area contributed by atoms with Crippen molar-refractivity contribution in [2.45, 2.75) is 25.1 Å². The van der Waals surface area contributed by atoms with Gasteiger partial charge >= 0.3 is 0 Å². The van der Waals surface area contributed by atoms with E-state index in [-0.39, 0.29) is 16.5 Å². The van der Waals surface area contributed by atoms with E-state index in [4.69, 9.17) is 0 Å². The number of nitrogens with one attached hydrogen (secondary N) is 1. The molecular weight excluding hydrogens is 282 g/mol. The molecule has 1 aromatic carbocycles. The summed E-state index contributed by atoms with van der Waals surface area (Å²) in [6.07, 6.45) is 1.00. The van der Waals surface area contributed by atoms with E-state index < -0.39 is 0 Å². The van der Waals surface area contributed by atoms with E-state index in [0.717, 1.165) is 6.42 Å². The maximum absolute atomic E-state index is 11.8. The van der Waals surface area contributed by atoms with E-state index in [0.29, 0.717) is 18.0 Å². The van der Waals surface area contributed by atoms with E-state index in [1.54, 1.807) is 18.2 Å². The van der Waals surface area contributed by atoms with Crippen molar-refractivity contribution < 1.29 is 9.90 Å². The molecule has 0 aliphatic rings. The maximum Gasteiger partial charge on any atom is 0.255 e. The average molecular weight is 300 g/mol. The molecule has 0 radical (unpaired) electrons. The topological polar surface area (TPSA) is 49.3 Å². The van der Waals surface area contributed by atoms with Crippen LogP contribution < -0.4 is 5.32 Å². The van der Waals surface area contributed by atoms with Gasteiger partial charge in [0.05, 0.1) is 5.56 Å². The zero-order valence-corrected chi connectivity index (χ0v) is 11.7. The Labute approximate surface area is 110 Å². The van der Waals surface area contributed by atoms with Gasteiger partial charge in [0.1, 0.15) is 5.75 Å². The van der Waals surface area contributed by atoms with Crippen molar-refractivity contribution in [3.63, 3.8) is 0 Å². The zero-order valence-electron chi connectivity index (χ0n) is 10.1. The number of aromatic hydroxyl groups is 1. The molecule has 2 N–H and O–H groups in total. The van der Waals surface area contributed by atoms with Gasteiger partial charge in [-0.25, -0.2) is 0 Å². The lowest BCUT2D eigenvalue weighted by molar-refractivity contribution is 0.0950. The summed E-state index contributed by atoms with van der Waals surface area (Å²) < 4.78 is 0. The minimum atomic E-state index is -0.240. The maximum atomic E-state index is 11.8. The van der Waals surface area contributed by atoms with Crippen LogP contribution in [-0.4, -0.2) is 22.4 Å². The summed E-state index contributed by atoms with van der Waals surface area (Å²) in [5, 5.41) is 12.3. The standard InChI is InChI=1S/C13H18BrNO2/c1-9(2)7-10(14)8-15-13(17)11-5-3-4-6-12(11)16/h3-6,9-10,16H,7-8H2,1-2H3,(H,15,17). The molecular formula is C13H18BrNO2. The second-order valence-electron chi connectivity index (χ2n) is 4.45. The predicted octanol–water partition coefficient (Wildman–Crippen LogP) is 2.93. The van der Waals surface area contributed by atoms with Crippen molar-refractivity contribution in [2.24, 2.45) is 5.92 Å². The van der Waals surface area contributed by atoms with Crippen LogP contribution in [0.4, 0.5) is 0 Å². The van der Waals surface area contributed by atoms with Crippen molar-refractivity contribution in [1.82, 2.24) is 5.32 Å². The van der Waals surface area contributed by atoms with Gasteiger partial charge in [0.25, 0.3) is 5.91 Å². The van der Waals surface area contributed by atoms with Crippen LogP contribution in [-0.2, 0) is 0 Å². The molecule has 0 bridgehead atoms. The summed E-state index contributed by atoms with van der Waals surface area (Å²) in [5.74, 6) is 0.359. The molecule has 1 amide bonds. The lowest BCUT2D eigenvalue weighted by Crippen LogP contribution is -2.30. The van der Waals surface area contributed by atoms with Crippen LogP contribution in [0.3, 0.4) is 0 Å². The summed E-state index contributed by atoms with van der Waals surface area (Å²) in [5.41, 5.74) is 0.316. The van der Waals surface area contributed by atoms with Gasteiger partial charge in [0.15, 0.2) is 0 Å². The highest BCUT2D eigenvalue weighted by Crippen LogP contribution is 2.16. The van der Waals surface area contributed by atoms with Crippen LogP contribution >= 0.6 is 15.9 Å². The molecule has 1 rings (SSSR count). The summed E-state index contributed by atoms with van der Waals surface area (Å²) in [6.45, 7) is 4.84. The zero-order chi connectivity index (χ0) is 12.8. The second kappa shape index (κ2) is 6.64. The molecule has 1 atom stereocenters. The van der Waals surface area contributed by atoms with Gasteiger partial charge in [-0.15, -0.1) is 0 Å². The van der Waals surface area contributed by atoms with Crippen molar-refractivity contribution >= 4 is 21.8 Å². The van der Waals surface area contributed by atoms with Crippen molar-refractivity contribution in [2.75, 3.05) is 6.54 Å². The summed E-state index contributed by atoms with van der Waals surface area (Å²) >= 11 is 3.52. The first-order chi connectivity index (χ1) is 8.00. The first-order valence-corrected chi connectivity index (χ1v) is 6.62. The molecule has 0 aromatic heterocycles. The molecule has 0 saturated heterocycles. The molecule has 4 heteroatoms. The SMILES string of the molecule is CC(C)CC(Br)CNC(=O)c1ccccc1O. The number of hydrogen-bond donors (Lipinski definition) is 2. The van der Waals surface area contributed by atoms with Gasteiger partial charge in [0, 0.05) is 11.4 Å². The van der Waals surface area contributed by atoms with Crippen LogP contribution in [0.5, 0.6) is 5.75 Å². The van der Waals surface area contributed by atoms with Gasteiger partial charge in [0.2, 0.25) is 0 Å². The Morgan fingerprint density at radius 1 is 1.41 bits per heavy atom. The number of halogens is 1. The minimum Gasteiger partial charge on any atom is -0.507 e. The van der Waals surface area contributed by atoms with Gasteiger partial charge in [-0.1, -0.05) is 41.9 Å². The van der Waals surface area contributed by atoms with E-state index in [2.05, 4.69) is 35.1 Å². The first-order valence-electron chi connectivity index (χ1n) is 5.71. The van der Waals surface area contributed by atoms with Crippen LogP contribution in [0.15, 0.2) is 24.3 Å². The van der Waals surface area contributed by atoms with Crippen molar-refractivity contribution in [3.8, 4) is 5.75 Å². The van der Waals surface area contributed by atoms with Crippen LogP contribution in [0.1, 0.15) is 30.6 Å². The van der Waals surface area contributed by atoms with E-state index >= 15 is 0 Å². The number of para-hydroxylation sites is 1. The number of phenols is 1. The number of carbonyl (C=O) groups is 1. The van der Waals surface area contributed by atoms with Gasteiger partial charge in [-0.3, -0.25) is 4.79 Å². The number of alkyl halides is 1. The highest BCUT2D eigenvalue weighted by Gasteiger charge is 2.12. The second-order valence-corrected chi connectivity index (χ2v) is 5.75. The van der Waals surface area contributed by atoms with Gasteiger partial charge in [-0.2, -0.15) is 0 Å². The number of hydrogen-bond acceptors (Lipinski definition) is 2. The van der Waals surface area contributed by atoms with Crippen LogP contribution in [0, 0.1) is 5.92 Å². The smallest absolute Gasteiger partial charge is 0.255 e. The number of rotatable bonds is 5. The lowest BCUT2D eigenvalue weighted by atomic mass is 10.1. The number of benzene rings is 1. The molecule has 0 saturated carbocycles. The molecule has 94 valence electrons. The van der Waals surface area contributed by atoms with Gasteiger partial charge < -0.3 is 10.4 Å². The molecule has 0 spiro atoms. The van der Waals surface area contributed by atoms with Crippen LogP contribution in [0.25, 0.3) is 0 Å².